The number of aryl methyl sites for hydroxylation is 1. The van der Waals surface area contributed by atoms with E-state index in [4.69, 9.17) is 5.73 Å². The first-order valence-corrected chi connectivity index (χ1v) is 6.01. The molecule has 0 fully saturated rings. The molecule has 0 aliphatic heterocycles. The molecule has 0 bridgehead atoms. The van der Waals surface area contributed by atoms with Gasteiger partial charge >= 0.3 is 0 Å². The van der Waals surface area contributed by atoms with E-state index in [0.29, 0.717) is 6.42 Å². The van der Waals surface area contributed by atoms with Crippen LogP contribution in [0.1, 0.15) is 13.3 Å². The van der Waals surface area contributed by atoms with Gasteiger partial charge in [-0.3, -0.25) is 4.79 Å². The van der Waals surface area contributed by atoms with E-state index in [1.807, 2.05) is 6.92 Å². The quantitative estimate of drug-likeness (QED) is 0.607. The molecule has 8 heteroatoms. The Bertz CT molecular complexity index is 341. The Morgan fingerprint density at radius 1 is 1.69 bits per heavy atom. The molecule has 0 saturated heterocycles. The lowest BCUT2D eigenvalue weighted by atomic mass is 10.2. The van der Waals surface area contributed by atoms with Crippen molar-refractivity contribution >= 4 is 17.7 Å². The average Bonchev–Trinajstić information content (AvgIpc) is 2.63. The summed E-state index contributed by atoms with van der Waals surface area (Å²) in [4.78, 5) is 11.1. The molecule has 1 amide bonds. The summed E-state index contributed by atoms with van der Waals surface area (Å²) in [7, 11) is 1.78. The SMILES string of the molecule is CCNC(CCSc1nnnn1C)C(N)=O. The van der Waals surface area contributed by atoms with Gasteiger partial charge in [0.05, 0.1) is 6.04 Å². The molecule has 3 N–H and O–H groups in total. The van der Waals surface area contributed by atoms with Gasteiger partial charge in [0.1, 0.15) is 0 Å². The van der Waals surface area contributed by atoms with Crippen LogP contribution in [0.25, 0.3) is 0 Å². The molecule has 90 valence electrons. The van der Waals surface area contributed by atoms with Gasteiger partial charge in [-0.15, -0.1) is 5.10 Å². The van der Waals surface area contributed by atoms with Crippen molar-refractivity contribution in [2.24, 2.45) is 12.8 Å². The number of carbonyl (C=O) groups excluding carboxylic acids is 1. The second-order valence-electron chi connectivity index (χ2n) is 3.23. The Morgan fingerprint density at radius 2 is 2.44 bits per heavy atom. The third-order valence-electron chi connectivity index (χ3n) is 2.01. The van der Waals surface area contributed by atoms with Crippen LogP contribution in [0.2, 0.25) is 0 Å². The summed E-state index contributed by atoms with van der Waals surface area (Å²) in [5, 5.41) is 14.8. The van der Waals surface area contributed by atoms with E-state index in [1.165, 1.54) is 11.8 Å². The van der Waals surface area contributed by atoms with Crippen molar-refractivity contribution in [2.75, 3.05) is 12.3 Å². The van der Waals surface area contributed by atoms with Gasteiger partial charge in [0.2, 0.25) is 11.1 Å². The zero-order valence-corrected chi connectivity index (χ0v) is 10.2. The lowest BCUT2D eigenvalue weighted by Crippen LogP contribution is -2.41. The minimum Gasteiger partial charge on any atom is -0.368 e. The number of primary amides is 1. The normalized spacial score (nSPS) is 12.6. The second kappa shape index (κ2) is 6.44. The van der Waals surface area contributed by atoms with Gasteiger partial charge in [0.25, 0.3) is 0 Å². The number of carbonyl (C=O) groups is 1. The van der Waals surface area contributed by atoms with Crippen LogP contribution in [-0.4, -0.2) is 44.5 Å². The third kappa shape index (κ3) is 3.78. The van der Waals surface area contributed by atoms with Gasteiger partial charge < -0.3 is 11.1 Å². The van der Waals surface area contributed by atoms with Crippen molar-refractivity contribution in [1.29, 1.82) is 0 Å². The van der Waals surface area contributed by atoms with E-state index in [0.717, 1.165) is 17.5 Å². The molecule has 0 aliphatic carbocycles. The fourth-order valence-corrected chi connectivity index (χ4v) is 2.06. The van der Waals surface area contributed by atoms with Crippen molar-refractivity contribution < 1.29 is 4.79 Å². The molecule has 1 heterocycles. The van der Waals surface area contributed by atoms with Crippen LogP contribution in [0, 0.1) is 0 Å². The number of hydrogen-bond donors (Lipinski definition) is 2. The number of rotatable bonds is 7. The predicted molar refractivity (Wildman–Crippen MR) is 60.8 cm³/mol. The molecule has 1 aromatic rings. The smallest absolute Gasteiger partial charge is 0.234 e. The van der Waals surface area contributed by atoms with E-state index in [9.17, 15) is 4.79 Å². The lowest BCUT2D eigenvalue weighted by molar-refractivity contribution is -0.120. The molecule has 0 aliphatic rings. The number of hydrogen-bond acceptors (Lipinski definition) is 6. The Kier molecular flexibility index (Phi) is 5.20. The summed E-state index contributed by atoms with van der Waals surface area (Å²) in [5.74, 6) is 0.424. The topological polar surface area (TPSA) is 98.7 Å². The van der Waals surface area contributed by atoms with Crippen LogP contribution >= 0.6 is 11.8 Å². The van der Waals surface area contributed by atoms with Gasteiger partial charge in [-0.2, -0.15) is 0 Å². The molecule has 1 atom stereocenters. The first-order valence-electron chi connectivity index (χ1n) is 5.03. The highest BCUT2D eigenvalue weighted by molar-refractivity contribution is 7.99. The van der Waals surface area contributed by atoms with Crippen LogP contribution in [0.3, 0.4) is 0 Å². The van der Waals surface area contributed by atoms with Crippen molar-refractivity contribution in [1.82, 2.24) is 25.5 Å². The van der Waals surface area contributed by atoms with Gasteiger partial charge in [-0.05, 0) is 23.4 Å². The summed E-state index contributed by atoms with van der Waals surface area (Å²) in [6.07, 6.45) is 0.667. The Hall–Kier alpha value is -1.15. The number of amides is 1. The maximum absolute atomic E-state index is 11.1. The standard InChI is InChI=1S/C8H16N6OS/c1-3-10-6(7(9)15)4-5-16-8-11-12-13-14(8)2/h6,10H,3-5H2,1-2H3,(H2,9,15). The molecular formula is C8H16N6OS. The first-order chi connectivity index (χ1) is 7.65. The Balaban J connectivity index is 2.33. The summed E-state index contributed by atoms with van der Waals surface area (Å²) in [5.41, 5.74) is 5.26. The van der Waals surface area contributed by atoms with E-state index >= 15 is 0 Å². The van der Waals surface area contributed by atoms with Crippen LogP contribution in [-0.2, 0) is 11.8 Å². The second-order valence-corrected chi connectivity index (χ2v) is 4.30. The molecule has 0 saturated carbocycles. The molecule has 1 unspecified atom stereocenters. The molecule has 1 rings (SSSR count). The molecule has 0 radical (unpaired) electrons. The highest BCUT2D eigenvalue weighted by atomic mass is 32.2. The molecule has 0 spiro atoms. The summed E-state index contributed by atoms with van der Waals surface area (Å²) >= 11 is 1.50. The Morgan fingerprint density at radius 3 is 2.94 bits per heavy atom. The van der Waals surface area contributed by atoms with E-state index < -0.39 is 0 Å². The number of tetrazole rings is 1. The summed E-state index contributed by atoms with van der Waals surface area (Å²) < 4.78 is 1.59. The lowest BCUT2D eigenvalue weighted by Gasteiger charge is -2.12. The molecular weight excluding hydrogens is 228 g/mol. The largest absolute Gasteiger partial charge is 0.368 e. The maximum atomic E-state index is 11.1. The number of likely N-dealkylation sites (N-methyl/N-ethyl adjacent to an activating group) is 1. The zero-order chi connectivity index (χ0) is 12.0. The number of thioether (sulfide) groups is 1. The van der Waals surface area contributed by atoms with Crippen LogP contribution in [0.15, 0.2) is 5.16 Å². The fraction of sp³-hybridized carbons (Fsp3) is 0.750. The number of nitrogens with zero attached hydrogens (tertiary/aromatic N) is 4. The maximum Gasteiger partial charge on any atom is 0.234 e. The number of nitrogens with two attached hydrogens (primary N) is 1. The predicted octanol–water partition coefficient (Wildman–Crippen LogP) is -0.844. The fourth-order valence-electron chi connectivity index (χ4n) is 1.20. The average molecular weight is 244 g/mol. The number of nitrogens with one attached hydrogen (secondary N) is 1. The highest BCUT2D eigenvalue weighted by Gasteiger charge is 2.14. The van der Waals surface area contributed by atoms with Gasteiger partial charge in [0, 0.05) is 12.8 Å². The van der Waals surface area contributed by atoms with Crippen molar-refractivity contribution in [2.45, 2.75) is 24.5 Å². The summed E-state index contributed by atoms with van der Waals surface area (Å²) in [6.45, 7) is 2.67. The molecule has 16 heavy (non-hydrogen) atoms. The van der Waals surface area contributed by atoms with Crippen LogP contribution in [0.5, 0.6) is 0 Å². The van der Waals surface area contributed by atoms with E-state index in [2.05, 4.69) is 20.8 Å². The van der Waals surface area contributed by atoms with Crippen molar-refractivity contribution in [3.63, 3.8) is 0 Å². The monoisotopic (exact) mass is 244 g/mol. The van der Waals surface area contributed by atoms with E-state index in [-0.39, 0.29) is 11.9 Å². The molecule has 0 aromatic carbocycles. The van der Waals surface area contributed by atoms with Gasteiger partial charge in [-0.25, -0.2) is 4.68 Å². The molecule has 7 nitrogen and oxygen atoms in total. The first kappa shape index (κ1) is 12.9. The van der Waals surface area contributed by atoms with Crippen molar-refractivity contribution in [3.8, 4) is 0 Å². The van der Waals surface area contributed by atoms with E-state index in [1.54, 1.807) is 11.7 Å². The molecule has 1 aromatic heterocycles. The minimum absolute atomic E-state index is 0.279. The summed E-state index contributed by atoms with van der Waals surface area (Å²) in [6, 6.07) is -0.279. The zero-order valence-electron chi connectivity index (χ0n) is 9.38. The third-order valence-corrected chi connectivity index (χ3v) is 3.06. The minimum atomic E-state index is -0.321. The van der Waals surface area contributed by atoms with Crippen LogP contribution in [0.4, 0.5) is 0 Å². The van der Waals surface area contributed by atoms with Gasteiger partial charge in [0.15, 0.2) is 0 Å². The Labute approximate surface area is 98.1 Å². The van der Waals surface area contributed by atoms with Gasteiger partial charge in [-0.1, -0.05) is 18.7 Å². The van der Waals surface area contributed by atoms with Crippen LogP contribution < -0.4 is 11.1 Å². The number of aromatic nitrogens is 4. The highest BCUT2D eigenvalue weighted by Crippen LogP contribution is 2.14. The van der Waals surface area contributed by atoms with Crippen molar-refractivity contribution in [3.05, 3.63) is 0 Å².